The molecular weight excluding hydrogens is 781 g/mol. The molecular formula is C48H84NO10P. The number of nitrogens with zero attached hydrogens (tertiary/aromatic N) is 1. The number of likely N-dealkylation sites (N-methyl/N-ethyl adjacent to an activating group) is 1. The molecule has 11 nitrogen and oxygen atoms in total. The Labute approximate surface area is 364 Å². The predicted molar refractivity (Wildman–Crippen MR) is 243 cm³/mol. The molecule has 0 radical (unpaired) electrons. The molecule has 0 aromatic rings. The molecule has 0 saturated heterocycles. The largest absolute Gasteiger partial charge is 0.756 e. The Bertz CT molecular complexity index is 1290. The molecule has 0 aromatic carbocycles. The number of carbonyl (C=O) groups excluding carboxylic acids is 2. The molecule has 0 aliphatic carbocycles. The van der Waals surface area contributed by atoms with Gasteiger partial charge in [0.15, 0.2) is 6.10 Å². The van der Waals surface area contributed by atoms with Crippen LogP contribution < -0.4 is 4.89 Å². The fourth-order valence-corrected chi connectivity index (χ4v) is 6.38. The van der Waals surface area contributed by atoms with E-state index < -0.39 is 51.3 Å². The number of hydrogen-bond donors (Lipinski definition) is 2. The van der Waals surface area contributed by atoms with E-state index in [0.717, 1.165) is 38.5 Å². The zero-order valence-corrected chi connectivity index (χ0v) is 39.0. The summed E-state index contributed by atoms with van der Waals surface area (Å²) in [6, 6.07) is 0. The molecule has 12 heteroatoms. The minimum absolute atomic E-state index is 0.0940. The van der Waals surface area contributed by atoms with Gasteiger partial charge >= 0.3 is 11.9 Å². The molecule has 2 N–H and O–H groups in total. The third-order valence-corrected chi connectivity index (χ3v) is 10.4. The Hall–Kier alpha value is -2.63. The van der Waals surface area contributed by atoms with Gasteiger partial charge in [-0.3, -0.25) is 14.2 Å². The van der Waals surface area contributed by atoms with E-state index in [1.165, 1.54) is 57.8 Å². The number of hydrogen-bond acceptors (Lipinski definition) is 10. The summed E-state index contributed by atoms with van der Waals surface area (Å²) in [6.07, 6.45) is 41.1. The highest BCUT2D eigenvalue weighted by Crippen LogP contribution is 2.38. The van der Waals surface area contributed by atoms with Crippen molar-refractivity contribution in [2.75, 3.05) is 47.5 Å². The number of phosphoric acid groups is 1. The van der Waals surface area contributed by atoms with E-state index >= 15 is 0 Å². The lowest BCUT2D eigenvalue weighted by atomic mass is 10.0. The van der Waals surface area contributed by atoms with Gasteiger partial charge in [-0.15, -0.1) is 0 Å². The van der Waals surface area contributed by atoms with Crippen molar-refractivity contribution in [1.82, 2.24) is 0 Å². The van der Waals surface area contributed by atoms with E-state index in [1.807, 2.05) is 39.4 Å². The molecule has 0 spiro atoms. The second-order valence-corrected chi connectivity index (χ2v) is 17.8. The van der Waals surface area contributed by atoms with Crippen LogP contribution in [0.2, 0.25) is 0 Å². The molecule has 4 atom stereocenters. The fraction of sp³-hybridized carbons (Fsp3) is 0.708. The summed E-state index contributed by atoms with van der Waals surface area (Å²) < 4.78 is 33.6. The van der Waals surface area contributed by atoms with Crippen molar-refractivity contribution >= 4 is 19.8 Å². The van der Waals surface area contributed by atoms with E-state index in [4.69, 9.17) is 18.5 Å². The van der Waals surface area contributed by atoms with Crippen molar-refractivity contribution in [3.05, 3.63) is 72.9 Å². The van der Waals surface area contributed by atoms with Crippen LogP contribution in [0.3, 0.4) is 0 Å². The van der Waals surface area contributed by atoms with Crippen molar-refractivity contribution in [2.24, 2.45) is 0 Å². The monoisotopic (exact) mass is 866 g/mol. The first-order chi connectivity index (χ1) is 28.8. The number of aliphatic hydroxyl groups is 2. The number of unbranched alkanes of at least 4 members (excludes halogenated alkanes) is 10. The van der Waals surface area contributed by atoms with Crippen LogP contribution in [0.25, 0.3) is 0 Å². The summed E-state index contributed by atoms with van der Waals surface area (Å²) in [7, 11) is 0.952. The normalized spacial score (nSPS) is 15.3. The number of quaternary nitrogens is 1. The van der Waals surface area contributed by atoms with Crippen molar-refractivity contribution in [3.8, 4) is 0 Å². The molecule has 60 heavy (non-hydrogen) atoms. The fourth-order valence-electron chi connectivity index (χ4n) is 5.65. The number of ether oxygens (including phenoxy) is 2. The number of phosphoric ester groups is 1. The maximum atomic E-state index is 12.7. The standard InChI is InChI=1S/C48H84NO10P/c1-6-8-10-12-14-16-18-20-21-22-23-24-26-28-30-32-34-38-47(52)56-42-44(43-58-60(54,55)57-41-40-49(3,4)5)59-48(53)39-35-37-46(51)45(50)36-33-31-29-27-25-19-17-15-13-11-9-7-2/h15,17,20-21,23-25,27-28,30-31,33,44-46,50-51H,6-14,16,18-19,22,26,29,32,34-43H2,1-5H3/b17-15-,21-20-,24-23-,27-25-,30-28-,33-31-/t44-,45?,46?/m1/s1. The highest BCUT2D eigenvalue weighted by molar-refractivity contribution is 7.45. The van der Waals surface area contributed by atoms with Gasteiger partial charge in [-0.1, -0.05) is 132 Å². The molecule has 346 valence electrons. The minimum Gasteiger partial charge on any atom is -0.756 e. The van der Waals surface area contributed by atoms with Crippen LogP contribution in [0.1, 0.15) is 155 Å². The van der Waals surface area contributed by atoms with Crippen molar-refractivity contribution in [1.29, 1.82) is 0 Å². The molecule has 0 aliphatic heterocycles. The maximum Gasteiger partial charge on any atom is 0.306 e. The van der Waals surface area contributed by atoms with Crippen LogP contribution in [0, 0.1) is 0 Å². The first-order valence-electron chi connectivity index (χ1n) is 22.8. The molecule has 0 bridgehead atoms. The summed E-state index contributed by atoms with van der Waals surface area (Å²) >= 11 is 0. The smallest absolute Gasteiger partial charge is 0.306 e. The van der Waals surface area contributed by atoms with Gasteiger partial charge in [0.05, 0.1) is 40.0 Å². The molecule has 0 fully saturated rings. The summed E-state index contributed by atoms with van der Waals surface area (Å²) in [5.41, 5.74) is 0. The number of carbonyl (C=O) groups is 2. The Morgan fingerprint density at radius 1 is 0.600 bits per heavy atom. The minimum atomic E-state index is -4.72. The van der Waals surface area contributed by atoms with Crippen LogP contribution in [0.5, 0.6) is 0 Å². The lowest BCUT2D eigenvalue weighted by Gasteiger charge is -2.28. The number of rotatable bonds is 40. The highest BCUT2D eigenvalue weighted by atomic mass is 31.2. The van der Waals surface area contributed by atoms with Gasteiger partial charge in [0.25, 0.3) is 7.82 Å². The van der Waals surface area contributed by atoms with E-state index in [0.29, 0.717) is 23.9 Å². The third kappa shape index (κ3) is 40.8. The van der Waals surface area contributed by atoms with Gasteiger partial charge in [0.2, 0.25) is 0 Å². The third-order valence-electron chi connectivity index (χ3n) is 9.40. The van der Waals surface area contributed by atoms with Gasteiger partial charge in [0, 0.05) is 12.8 Å². The molecule has 0 aliphatic rings. The van der Waals surface area contributed by atoms with Gasteiger partial charge in [-0.25, -0.2) is 0 Å². The van der Waals surface area contributed by atoms with Crippen LogP contribution in [-0.2, 0) is 32.7 Å². The first kappa shape index (κ1) is 57.4. The SMILES string of the molecule is CCCCC/C=C\C/C=C\C/C=C\CC(O)C(O)CCCC(=O)O[C@H](COC(=O)CCC/C=C\C/C=C\C/C=C\CCCCCCCC)COP(=O)([O-])OCC[N+](C)(C)C. The summed E-state index contributed by atoms with van der Waals surface area (Å²) in [5.74, 6) is -1.19. The average Bonchev–Trinajstić information content (AvgIpc) is 3.19. The van der Waals surface area contributed by atoms with E-state index in [2.05, 4.69) is 68.5 Å². The second-order valence-electron chi connectivity index (χ2n) is 16.4. The quantitative estimate of drug-likeness (QED) is 0.0200. The van der Waals surface area contributed by atoms with Gasteiger partial charge in [-0.05, 0) is 83.5 Å². The summed E-state index contributed by atoms with van der Waals surface area (Å²) in [4.78, 5) is 37.6. The van der Waals surface area contributed by atoms with E-state index in [9.17, 15) is 29.3 Å². The summed E-state index contributed by atoms with van der Waals surface area (Å²) in [6.45, 7) is 3.77. The Morgan fingerprint density at radius 2 is 1.08 bits per heavy atom. The van der Waals surface area contributed by atoms with Crippen LogP contribution in [0.15, 0.2) is 72.9 Å². The molecule has 0 heterocycles. The molecule has 0 saturated carbocycles. The number of allylic oxidation sites excluding steroid dienone is 11. The lowest BCUT2D eigenvalue weighted by molar-refractivity contribution is -0.870. The topological polar surface area (TPSA) is 152 Å². The van der Waals surface area contributed by atoms with Crippen LogP contribution in [-0.4, -0.2) is 92.5 Å². The van der Waals surface area contributed by atoms with E-state index in [-0.39, 0.29) is 38.7 Å². The average molecular weight is 866 g/mol. The van der Waals surface area contributed by atoms with Crippen molar-refractivity contribution in [3.63, 3.8) is 0 Å². The number of aliphatic hydroxyl groups excluding tert-OH is 2. The lowest BCUT2D eigenvalue weighted by Crippen LogP contribution is -2.37. The van der Waals surface area contributed by atoms with E-state index in [1.54, 1.807) is 0 Å². The van der Waals surface area contributed by atoms with Crippen molar-refractivity contribution < 1.29 is 52.3 Å². The van der Waals surface area contributed by atoms with Gasteiger partial charge < -0.3 is 38.1 Å². The zero-order chi connectivity index (χ0) is 44.6. The molecule has 0 aromatic heterocycles. The Balaban J connectivity index is 4.68. The first-order valence-corrected chi connectivity index (χ1v) is 24.3. The Kier molecular flexibility index (Phi) is 37.5. The highest BCUT2D eigenvalue weighted by Gasteiger charge is 2.22. The molecule has 0 rings (SSSR count). The van der Waals surface area contributed by atoms with Gasteiger partial charge in [-0.2, -0.15) is 0 Å². The van der Waals surface area contributed by atoms with Crippen LogP contribution in [0.4, 0.5) is 0 Å². The second kappa shape index (κ2) is 39.2. The Morgan fingerprint density at radius 3 is 1.67 bits per heavy atom. The number of esters is 2. The molecule has 0 amide bonds. The van der Waals surface area contributed by atoms with Gasteiger partial charge in [0.1, 0.15) is 19.8 Å². The summed E-state index contributed by atoms with van der Waals surface area (Å²) in [5, 5.41) is 20.8. The predicted octanol–water partition coefficient (Wildman–Crippen LogP) is 10.3. The van der Waals surface area contributed by atoms with Crippen LogP contribution >= 0.6 is 7.82 Å². The molecule has 3 unspecified atom stereocenters. The van der Waals surface area contributed by atoms with Crippen molar-refractivity contribution in [2.45, 2.75) is 173 Å². The zero-order valence-electron chi connectivity index (χ0n) is 38.1. The maximum absolute atomic E-state index is 12.7.